The topological polar surface area (TPSA) is 66.4 Å². The Hall–Kier alpha value is -1.34. The summed E-state index contributed by atoms with van der Waals surface area (Å²) in [5, 5.41) is 9.39. The first kappa shape index (κ1) is 16.0. The van der Waals surface area contributed by atoms with E-state index in [2.05, 4.69) is 0 Å². The van der Waals surface area contributed by atoms with E-state index in [1.165, 1.54) is 7.11 Å². The molecule has 3 unspecified atom stereocenters. The molecular weight excluding hydrogens is 276 g/mol. The molecular formula is C15H22O6. The summed E-state index contributed by atoms with van der Waals surface area (Å²) in [5.74, 6) is 1.59. The molecule has 1 N–H and O–H groups in total. The van der Waals surface area contributed by atoms with Crippen LogP contribution in [0, 0.1) is 0 Å². The van der Waals surface area contributed by atoms with Gasteiger partial charge in [-0.1, -0.05) is 0 Å². The lowest BCUT2D eigenvalue weighted by Crippen LogP contribution is -2.37. The van der Waals surface area contributed by atoms with Gasteiger partial charge in [-0.15, -0.1) is 0 Å². The van der Waals surface area contributed by atoms with Crippen LogP contribution in [0.5, 0.6) is 11.5 Å². The van der Waals surface area contributed by atoms with Gasteiger partial charge in [-0.05, 0) is 19.1 Å². The lowest BCUT2D eigenvalue weighted by molar-refractivity contribution is -0.282. The highest BCUT2D eigenvalue weighted by Gasteiger charge is 2.30. The molecule has 118 valence electrons. The van der Waals surface area contributed by atoms with Gasteiger partial charge in [-0.2, -0.15) is 0 Å². The number of rotatable bonds is 6. The van der Waals surface area contributed by atoms with Crippen molar-refractivity contribution in [1.29, 1.82) is 0 Å². The first-order valence-electron chi connectivity index (χ1n) is 6.81. The number of aliphatic hydroxyl groups is 1. The van der Waals surface area contributed by atoms with Crippen LogP contribution in [0.2, 0.25) is 0 Å². The normalized spacial score (nSPS) is 20.5. The maximum atomic E-state index is 9.39. The fourth-order valence-electron chi connectivity index (χ4n) is 2.49. The van der Waals surface area contributed by atoms with Crippen LogP contribution in [0.1, 0.15) is 18.1 Å². The van der Waals surface area contributed by atoms with Gasteiger partial charge in [0.2, 0.25) is 0 Å². The molecule has 1 aromatic rings. The van der Waals surface area contributed by atoms with Crippen molar-refractivity contribution < 1.29 is 28.8 Å². The third-order valence-electron chi connectivity index (χ3n) is 3.69. The highest BCUT2D eigenvalue weighted by Crippen LogP contribution is 2.36. The number of benzene rings is 1. The number of hydrogen-bond acceptors (Lipinski definition) is 6. The van der Waals surface area contributed by atoms with Crippen LogP contribution < -0.4 is 9.47 Å². The lowest BCUT2D eigenvalue weighted by Gasteiger charge is -2.32. The molecule has 6 nitrogen and oxygen atoms in total. The monoisotopic (exact) mass is 298 g/mol. The van der Waals surface area contributed by atoms with Crippen LogP contribution in [0.15, 0.2) is 12.1 Å². The van der Waals surface area contributed by atoms with E-state index in [0.29, 0.717) is 13.0 Å². The first-order valence-corrected chi connectivity index (χ1v) is 6.81. The quantitative estimate of drug-likeness (QED) is 0.802. The van der Waals surface area contributed by atoms with Gasteiger partial charge in [-0.3, -0.25) is 0 Å². The fraction of sp³-hybridized carbons (Fsp3) is 0.600. The summed E-state index contributed by atoms with van der Waals surface area (Å²) in [6, 6.07) is 3.76. The Morgan fingerprint density at radius 3 is 2.33 bits per heavy atom. The predicted molar refractivity (Wildman–Crippen MR) is 75.4 cm³/mol. The molecule has 0 aliphatic carbocycles. The van der Waals surface area contributed by atoms with E-state index in [-0.39, 0.29) is 12.2 Å². The molecule has 1 aliphatic rings. The summed E-state index contributed by atoms with van der Waals surface area (Å²) in [6.45, 7) is 0.999. The van der Waals surface area contributed by atoms with Crippen molar-refractivity contribution in [2.75, 3.05) is 21.3 Å². The standard InChI is InChI=1S/C15H22O6/c1-9(21-15(16)19-4)14-7-10-11(8-20-14)13(18-3)6-5-12(10)17-2/h5-6,9,14-16H,7-8H2,1-4H3. The van der Waals surface area contributed by atoms with Gasteiger partial charge in [0, 0.05) is 24.7 Å². The van der Waals surface area contributed by atoms with Gasteiger partial charge in [-0.25, -0.2) is 0 Å². The maximum absolute atomic E-state index is 9.39. The van der Waals surface area contributed by atoms with Crippen molar-refractivity contribution in [1.82, 2.24) is 0 Å². The number of hydrogen-bond donors (Lipinski definition) is 1. The number of methoxy groups -OCH3 is 3. The van der Waals surface area contributed by atoms with E-state index in [0.717, 1.165) is 22.6 Å². The third-order valence-corrected chi connectivity index (χ3v) is 3.69. The second kappa shape index (κ2) is 7.09. The molecule has 1 aromatic carbocycles. The second-order valence-electron chi connectivity index (χ2n) is 4.86. The van der Waals surface area contributed by atoms with Crippen molar-refractivity contribution in [3.8, 4) is 11.5 Å². The number of aliphatic hydroxyl groups excluding tert-OH is 1. The van der Waals surface area contributed by atoms with E-state index < -0.39 is 6.48 Å². The minimum atomic E-state index is -1.25. The van der Waals surface area contributed by atoms with Gasteiger partial charge >= 0.3 is 0 Å². The number of ether oxygens (including phenoxy) is 5. The van der Waals surface area contributed by atoms with Crippen molar-refractivity contribution >= 4 is 0 Å². The zero-order chi connectivity index (χ0) is 15.4. The second-order valence-corrected chi connectivity index (χ2v) is 4.86. The highest BCUT2D eigenvalue weighted by atomic mass is 16.8. The van der Waals surface area contributed by atoms with Crippen LogP contribution >= 0.6 is 0 Å². The van der Waals surface area contributed by atoms with Crippen LogP contribution in [0.3, 0.4) is 0 Å². The van der Waals surface area contributed by atoms with Gasteiger partial charge in [0.05, 0.1) is 33.0 Å². The molecule has 0 fully saturated rings. The van der Waals surface area contributed by atoms with E-state index in [1.54, 1.807) is 14.2 Å². The lowest BCUT2D eigenvalue weighted by atomic mass is 9.95. The Kier molecular flexibility index (Phi) is 5.41. The maximum Gasteiger partial charge on any atom is 0.269 e. The predicted octanol–water partition coefficient (Wildman–Crippen LogP) is 1.47. The van der Waals surface area contributed by atoms with E-state index >= 15 is 0 Å². The largest absolute Gasteiger partial charge is 0.496 e. The molecule has 6 heteroatoms. The zero-order valence-electron chi connectivity index (χ0n) is 12.8. The summed E-state index contributed by atoms with van der Waals surface area (Å²) in [6.07, 6.45) is 0.111. The molecule has 0 saturated heterocycles. The van der Waals surface area contributed by atoms with Crippen molar-refractivity contribution in [3.05, 3.63) is 23.3 Å². The Labute approximate surface area is 124 Å². The third kappa shape index (κ3) is 3.47. The van der Waals surface area contributed by atoms with Crippen molar-refractivity contribution in [2.24, 2.45) is 0 Å². The van der Waals surface area contributed by atoms with Gasteiger partial charge in [0.15, 0.2) is 0 Å². The average Bonchev–Trinajstić information content (AvgIpc) is 2.52. The molecule has 21 heavy (non-hydrogen) atoms. The summed E-state index contributed by atoms with van der Waals surface area (Å²) < 4.78 is 26.6. The molecule has 2 rings (SSSR count). The molecule has 1 heterocycles. The Balaban J connectivity index is 2.19. The van der Waals surface area contributed by atoms with Gasteiger partial charge < -0.3 is 28.8 Å². The Bertz CT molecular complexity index is 475. The van der Waals surface area contributed by atoms with E-state index in [1.807, 2.05) is 19.1 Å². The first-order chi connectivity index (χ1) is 10.1. The smallest absolute Gasteiger partial charge is 0.269 e. The minimum Gasteiger partial charge on any atom is -0.496 e. The fourth-order valence-corrected chi connectivity index (χ4v) is 2.49. The van der Waals surface area contributed by atoms with E-state index in [4.69, 9.17) is 23.7 Å². The summed E-state index contributed by atoms with van der Waals surface area (Å²) >= 11 is 0. The van der Waals surface area contributed by atoms with Gasteiger partial charge in [0.1, 0.15) is 11.5 Å². The van der Waals surface area contributed by atoms with Crippen LogP contribution in [-0.2, 0) is 27.2 Å². The molecule has 0 spiro atoms. The van der Waals surface area contributed by atoms with Crippen LogP contribution in [0.25, 0.3) is 0 Å². The molecule has 0 saturated carbocycles. The van der Waals surface area contributed by atoms with Gasteiger partial charge in [0.25, 0.3) is 6.48 Å². The molecule has 0 aromatic heterocycles. The SMILES string of the molecule is COc1ccc(OC)c2c1COC(C(C)OC(O)OC)C2. The molecule has 3 atom stereocenters. The molecule has 0 radical (unpaired) electrons. The molecule has 1 aliphatic heterocycles. The van der Waals surface area contributed by atoms with Crippen molar-refractivity contribution in [3.63, 3.8) is 0 Å². The minimum absolute atomic E-state index is 0.191. The average molecular weight is 298 g/mol. The molecule has 0 amide bonds. The van der Waals surface area contributed by atoms with Crippen LogP contribution in [0.4, 0.5) is 0 Å². The summed E-state index contributed by atoms with van der Waals surface area (Å²) in [5.41, 5.74) is 2.04. The summed E-state index contributed by atoms with van der Waals surface area (Å²) in [4.78, 5) is 0. The van der Waals surface area contributed by atoms with Crippen molar-refractivity contribution in [2.45, 2.75) is 38.6 Å². The van der Waals surface area contributed by atoms with Crippen LogP contribution in [-0.4, -0.2) is 45.1 Å². The zero-order valence-corrected chi connectivity index (χ0v) is 12.8. The number of fused-ring (bicyclic) bond motifs is 1. The highest BCUT2D eigenvalue weighted by molar-refractivity contribution is 5.49. The summed E-state index contributed by atoms with van der Waals surface area (Å²) in [7, 11) is 4.65. The Morgan fingerprint density at radius 1 is 1.14 bits per heavy atom. The Morgan fingerprint density at radius 2 is 1.76 bits per heavy atom. The van der Waals surface area contributed by atoms with E-state index in [9.17, 15) is 5.11 Å². The molecule has 0 bridgehead atoms.